The molecule has 5 aliphatic carbocycles. The number of Topliss-reactive ketones (excluding diaryl/α,β-unsaturated/α-hetero) is 1. The number of hydrogen-bond donors (Lipinski definition) is 2. The molecule has 4 bridgehead atoms. The Morgan fingerprint density at radius 3 is 2.77 bits per heavy atom. The van der Waals surface area contributed by atoms with Crippen LogP contribution in [0.25, 0.3) is 0 Å². The van der Waals surface area contributed by atoms with Crippen molar-refractivity contribution in [1.82, 2.24) is 4.90 Å². The SMILES string of the molecule is C=C1C(=O)[C@]23CC[C@H]1C[C@H]2[C@@]12CCC[C@@](C)(CN(CCO)C1)[C@H]2C[C@H]3O. The third-order valence-corrected chi connectivity index (χ3v) is 9.45. The Kier molecular flexibility index (Phi) is 3.63. The number of ketones is 1. The van der Waals surface area contributed by atoms with Crippen LogP contribution in [-0.2, 0) is 4.79 Å². The first-order valence-corrected chi connectivity index (χ1v) is 10.6. The van der Waals surface area contributed by atoms with Gasteiger partial charge in [0, 0.05) is 19.6 Å². The lowest BCUT2D eigenvalue weighted by atomic mass is 9.34. The lowest BCUT2D eigenvalue weighted by Gasteiger charge is -2.72. The first-order valence-electron chi connectivity index (χ1n) is 10.6. The Hall–Kier alpha value is -0.710. The van der Waals surface area contributed by atoms with Crippen molar-refractivity contribution in [1.29, 1.82) is 0 Å². The maximum absolute atomic E-state index is 13.4. The molecule has 0 radical (unpaired) electrons. The van der Waals surface area contributed by atoms with E-state index in [0.717, 1.165) is 50.9 Å². The second kappa shape index (κ2) is 5.42. The Labute approximate surface area is 156 Å². The maximum Gasteiger partial charge on any atom is 0.167 e. The Bertz CT molecular complexity index is 662. The van der Waals surface area contributed by atoms with E-state index in [1.165, 1.54) is 19.3 Å². The average Bonchev–Trinajstić information content (AvgIpc) is 2.60. The number of fused-ring (bicyclic) bond motifs is 2. The Morgan fingerprint density at radius 1 is 1.19 bits per heavy atom. The van der Waals surface area contributed by atoms with Crippen LogP contribution in [-0.4, -0.2) is 53.2 Å². The maximum atomic E-state index is 13.4. The fraction of sp³-hybridized carbons (Fsp3) is 0.864. The van der Waals surface area contributed by atoms with E-state index >= 15 is 0 Å². The molecule has 4 nitrogen and oxygen atoms in total. The molecule has 1 spiro atoms. The van der Waals surface area contributed by atoms with Gasteiger partial charge in [-0.05, 0) is 72.7 Å². The molecule has 0 amide bonds. The topological polar surface area (TPSA) is 60.8 Å². The number of β-amino-alcohol motifs (C(OH)–C–C–N with tert-alkyl or cyclic N) is 1. The second-order valence-electron chi connectivity index (χ2n) is 10.4. The predicted molar refractivity (Wildman–Crippen MR) is 99.4 cm³/mol. The van der Waals surface area contributed by atoms with Crippen molar-refractivity contribution < 1.29 is 15.0 Å². The number of rotatable bonds is 2. The highest BCUT2D eigenvalue weighted by molar-refractivity contribution is 6.02. The molecule has 6 aliphatic rings. The number of allylic oxidation sites excluding steroid dienone is 1. The van der Waals surface area contributed by atoms with Gasteiger partial charge in [0.05, 0.1) is 18.1 Å². The summed E-state index contributed by atoms with van der Waals surface area (Å²) in [5.41, 5.74) is 0.561. The fourth-order valence-corrected chi connectivity index (χ4v) is 8.58. The third kappa shape index (κ3) is 1.89. The summed E-state index contributed by atoms with van der Waals surface area (Å²) in [6.45, 7) is 9.50. The van der Waals surface area contributed by atoms with E-state index in [9.17, 15) is 15.0 Å². The summed E-state index contributed by atoms with van der Waals surface area (Å²) in [4.78, 5) is 15.8. The van der Waals surface area contributed by atoms with Crippen LogP contribution in [0.2, 0.25) is 0 Å². The molecule has 4 heteroatoms. The normalized spacial score (nSPS) is 53.3. The van der Waals surface area contributed by atoms with E-state index in [4.69, 9.17) is 0 Å². The monoisotopic (exact) mass is 359 g/mol. The molecule has 6 fully saturated rings. The minimum atomic E-state index is -0.567. The fourth-order valence-electron chi connectivity index (χ4n) is 8.58. The van der Waals surface area contributed by atoms with Gasteiger partial charge in [-0.3, -0.25) is 9.69 Å². The van der Waals surface area contributed by atoms with Crippen LogP contribution >= 0.6 is 0 Å². The summed E-state index contributed by atoms with van der Waals surface area (Å²) in [5, 5.41) is 20.9. The number of piperidine rings is 1. The van der Waals surface area contributed by atoms with Crippen LogP contribution in [0.15, 0.2) is 12.2 Å². The molecule has 1 aliphatic heterocycles. The van der Waals surface area contributed by atoms with Crippen LogP contribution in [0, 0.1) is 34.0 Å². The van der Waals surface area contributed by atoms with Gasteiger partial charge in [-0.25, -0.2) is 0 Å². The molecule has 0 aromatic rings. The number of carbonyl (C=O) groups excluding carboxylic acids is 1. The second-order valence-corrected chi connectivity index (χ2v) is 10.4. The molecule has 6 rings (SSSR count). The highest BCUT2D eigenvalue weighted by Gasteiger charge is 2.72. The highest BCUT2D eigenvalue weighted by Crippen LogP contribution is 2.72. The quantitative estimate of drug-likeness (QED) is 0.743. The van der Waals surface area contributed by atoms with Gasteiger partial charge in [0.1, 0.15) is 0 Å². The number of aliphatic hydroxyl groups excluding tert-OH is 2. The van der Waals surface area contributed by atoms with E-state index in [1.54, 1.807) is 0 Å². The first kappa shape index (κ1) is 17.4. The number of hydrogen-bond acceptors (Lipinski definition) is 4. The zero-order valence-corrected chi connectivity index (χ0v) is 16.0. The minimum absolute atomic E-state index is 0.134. The largest absolute Gasteiger partial charge is 0.395 e. The summed E-state index contributed by atoms with van der Waals surface area (Å²) in [7, 11) is 0. The van der Waals surface area contributed by atoms with Gasteiger partial charge in [-0.15, -0.1) is 0 Å². The van der Waals surface area contributed by atoms with Crippen LogP contribution in [0.1, 0.15) is 51.9 Å². The van der Waals surface area contributed by atoms with Gasteiger partial charge in [0.15, 0.2) is 5.78 Å². The predicted octanol–water partition coefficient (Wildman–Crippen LogP) is 2.39. The van der Waals surface area contributed by atoms with E-state index in [-0.39, 0.29) is 23.2 Å². The van der Waals surface area contributed by atoms with E-state index in [1.807, 2.05) is 0 Å². The van der Waals surface area contributed by atoms with Crippen LogP contribution in [0.3, 0.4) is 0 Å². The summed E-state index contributed by atoms with van der Waals surface area (Å²) in [5.74, 6) is 1.32. The smallest absolute Gasteiger partial charge is 0.167 e. The molecule has 0 aromatic carbocycles. The van der Waals surface area contributed by atoms with Crippen LogP contribution in [0.5, 0.6) is 0 Å². The molecule has 7 atom stereocenters. The van der Waals surface area contributed by atoms with Crippen molar-refractivity contribution in [2.24, 2.45) is 34.0 Å². The van der Waals surface area contributed by atoms with Crippen molar-refractivity contribution in [2.75, 3.05) is 26.2 Å². The molecular weight excluding hydrogens is 326 g/mol. The summed E-state index contributed by atoms with van der Waals surface area (Å²) >= 11 is 0. The molecule has 0 aromatic heterocycles. The van der Waals surface area contributed by atoms with E-state index in [2.05, 4.69) is 18.4 Å². The lowest BCUT2D eigenvalue weighted by Crippen LogP contribution is -2.73. The Morgan fingerprint density at radius 2 is 2.00 bits per heavy atom. The Balaban J connectivity index is 1.64. The molecule has 1 heterocycles. The zero-order valence-electron chi connectivity index (χ0n) is 16.0. The number of likely N-dealkylation sites (tertiary alicyclic amines) is 1. The first-order chi connectivity index (χ1) is 12.4. The highest BCUT2D eigenvalue weighted by atomic mass is 16.3. The number of aliphatic hydroxyl groups is 2. The van der Waals surface area contributed by atoms with Gasteiger partial charge >= 0.3 is 0 Å². The van der Waals surface area contributed by atoms with Crippen molar-refractivity contribution in [2.45, 2.75) is 58.0 Å². The number of carbonyl (C=O) groups is 1. The van der Waals surface area contributed by atoms with Crippen LogP contribution in [0.4, 0.5) is 0 Å². The standard InChI is InChI=1S/C22H33NO3/c1-14-15-4-7-22(19(14)26)17(10-15)21-6-3-5-20(2,16(21)11-18(22)25)12-23(13-21)8-9-24/h15-18,24-25H,1,3-13H2,2H3/t15-,16+,17-,18+,20-,21-,22+/m0/s1. The van der Waals surface area contributed by atoms with Gasteiger partial charge in [0.25, 0.3) is 0 Å². The molecule has 5 saturated carbocycles. The average molecular weight is 360 g/mol. The summed E-state index contributed by atoms with van der Waals surface area (Å²) < 4.78 is 0. The van der Waals surface area contributed by atoms with Gasteiger partial charge in [-0.1, -0.05) is 19.9 Å². The molecule has 144 valence electrons. The van der Waals surface area contributed by atoms with Crippen molar-refractivity contribution in [3.05, 3.63) is 12.2 Å². The molecular formula is C22H33NO3. The van der Waals surface area contributed by atoms with Crippen molar-refractivity contribution in [3.8, 4) is 0 Å². The van der Waals surface area contributed by atoms with E-state index in [0.29, 0.717) is 17.8 Å². The summed E-state index contributed by atoms with van der Waals surface area (Å²) in [6.07, 6.45) is 6.83. The lowest BCUT2D eigenvalue weighted by molar-refractivity contribution is -0.245. The third-order valence-electron chi connectivity index (χ3n) is 9.45. The molecule has 26 heavy (non-hydrogen) atoms. The number of nitrogens with zero attached hydrogens (tertiary/aromatic N) is 1. The van der Waals surface area contributed by atoms with Gasteiger partial charge in [0.2, 0.25) is 0 Å². The minimum Gasteiger partial charge on any atom is -0.395 e. The molecule has 2 N–H and O–H groups in total. The van der Waals surface area contributed by atoms with Crippen molar-refractivity contribution in [3.63, 3.8) is 0 Å². The van der Waals surface area contributed by atoms with E-state index < -0.39 is 11.5 Å². The van der Waals surface area contributed by atoms with Gasteiger partial charge in [-0.2, -0.15) is 0 Å². The zero-order chi connectivity index (χ0) is 18.3. The summed E-state index contributed by atoms with van der Waals surface area (Å²) in [6, 6.07) is 0. The molecule has 1 saturated heterocycles. The van der Waals surface area contributed by atoms with Crippen LogP contribution < -0.4 is 0 Å². The van der Waals surface area contributed by atoms with Gasteiger partial charge < -0.3 is 10.2 Å². The van der Waals surface area contributed by atoms with Crippen molar-refractivity contribution >= 4 is 5.78 Å². The molecule has 0 unspecified atom stereocenters.